The lowest BCUT2D eigenvalue weighted by Crippen LogP contribution is -2.12. The minimum atomic E-state index is -0.511. The predicted molar refractivity (Wildman–Crippen MR) is 83.6 cm³/mol. The number of hydrogen-bond acceptors (Lipinski definition) is 2. The third-order valence-corrected chi connectivity index (χ3v) is 3.93. The molecule has 1 N–H and O–H groups in total. The SMILES string of the molecule is CCCCC(CC)COc1ccc(Br)cc1C(C)O. The van der Waals surface area contributed by atoms with E-state index in [9.17, 15) is 5.11 Å². The van der Waals surface area contributed by atoms with Crippen LogP contribution >= 0.6 is 15.9 Å². The van der Waals surface area contributed by atoms with Crippen LogP contribution in [0.2, 0.25) is 0 Å². The second-order valence-electron chi connectivity index (χ2n) is 5.09. The van der Waals surface area contributed by atoms with Crippen molar-refractivity contribution in [2.24, 2.45) is 5.92 Å². The van der Waals surface area contributed by atoms with E-state index in [4.69, 9.17) is 4.74 Å². The zero-order valence-electron chi connectivity index (χ0n) is 12.2. The minimum Gasteiger partial charge on any atom is -0.493 e. The Morgan fingerprint density at radius 1 is 1.32 bits per heavy atom. The molecule has 0 spiro atoms. The molecule has 0 amide bonds. The molecule has 2 nitrogen and oxygen atoms in total. The molecule has 0 radical (unpaired) electrons. The van der Waals surface area contributed by atoms with Crippen molar-refractivity contribution in [3.05, 3.63) is 28.2 Å². The van der Waals surface area contributed by atoms with Crippen molar-refractivity contribution in [2.45, 2.75) is 52.6 Å². The van der Waals surface area contributed by atoms with E-state index in [1.165, 1.54) is 19.3 Å². The van der Waals surface area contributed by atoms with Gasteiger partial charge in [-0.1, -0.05) is 49.0 Å². The van der Waals surface area contributed by atoms with Crippen molar-refractivity contribution in [3.8, 4) is 5.75 Å². The Morgan fingerprint density at radius 2 is 2.05 bits per heavy atom. The summed E-state index contributed by atoms with van der Waals surface area (Å²) in [7, 11) is 0. The van der Waals surface area contributed by atoms with E-state index in [-0.39, 0.29) is 0 Å². The number of aliphatic hydroxyl groups is 1. The van der Waals surface area contributed by atoms with E-state index in [0.29, 0.717) is 5.92 Å². The van der Waals surface area contributed by atoms with Crippen LogP contribution in [0.4, 0.5) is 0 Å². The van der Waals surface area contributed by atoms with Gasteiger partial charge in [-0.2, -0.15) is 0 Å². The molecule has 1 rings (SSSR count). The van der Waals surface area contributed by atoms with Gasteiger partial charge in [0.05, 0.1) is 12.7 Å². The molecule has 1 aromatic carbocycles. The molecule has 0 bridgehead atoms. The molecule has 108 valence electrons. The first kappa shape index (κ1) is 16.5. The maximum Gasteiger partial charge on any atom is 0.125 e. The van der Waals surface area contributed by atoms with Crippen molar-refractivity contribution in [1.82, 2.24) is 0 Å². The molecular weight excluding hydrogens is 304 g/mol. The van der Waals surface area contributed by atoms with E-state index < -0.39 is 6.10 Å². The highest BCUT2D eigenvalue weighted by Crippen LogP contribution is 2.29. The monoisotopic (exact) mass is 328 g/mol. The predicted octanol–water partition coefficient (Wildman–Crippen LogP) is 5.10. The summed E-state index contributed by atoms with van der Waals surface area (Å²) in [5.74, 6) is 1.40. The van der Waals surface area contributed by atoms with Crippen LogP contribution in [0, 0.1) is 5.92 Å². The Hall–Kier alpha value is -0.540. The number of rotatable bonds is 8. The molecule has 0 aliphatic rings. The van der Waals surface area contributed by atoms with Gasteiger partial charge < -0.3 is 9.84 Å². The average molecular weight is 329 g/mol. The summed E-state index contributed by atoms with van der Waals surface area (Å²) in [5.41, 5.74) is 0.847. The normalized spacial score (nSPS) is 14.2. The maximum absolute atomic E-state index is 9.79. The number of aliphatic hydroxyl groups excluding tert-OH is 1. The molecule has 3 heteroatoms. The van der Waals surface area contributed by atoms with E-state index in [0.717, 1.165) is 28.8 Å². The van der Waals surface area contributed by atoms with Crippen LogP contribution in [0.3, 0.4) is 0 Å². The topological polar surface area (TPSA) is 29.5 Å². The minimum absolute atomic E-state index is 0.511. The lowest BCUT2D eigenvalue weighted by molar-refractivity contribution is 0.183. The number of hydrogen-bond donors (Lipinski definition) is 1. The molecule has 0 heterocycles. The summed E-state index contributed by atoms with van der Waals surface area (Å²) < 4.78 is 6.89. The van der Waals surface area contributed by atoms with Gasteiger partial charge in [-0.25, -0.2) is 0 Å². The fraction of sp³-hybridized carbons (Fsp3) is 0.625. The van der Waals surface area contributed by atoms with Gasteiger partial charge in [0.1, 0.15) is 5.75 Å². The van der Waals surface area contributed by atoms with Crippen molar-refractivity contribution >= 4 is 15.9 Å². The molecule has 0 aromatic heterocycles. The van der Waals surface area contributed by atoms with E-state index >= 15 is 0 Å². The lowest BCUT2D eigenvalue weighted by atomic mass is 10.0. The first-order valence-corrected chi connectivity index (χ1v) is 7.98. The van der Waals surface area contributed by atoms with Crippen LogP contribution in [-0.2, 0) is 0 Å². The summed E-state index contributed by atoms with van der Waals surface area (Å²) in [5, 5.41) is 9.79. The van der Waals surface area contributed by atoms with Gasteiger partial charge in [-0.15, -0.1) is 0 Å². The largest absolute Gasteiger partial charge is 0.493 e. The Morgan fingerprint density at radius 3 is 2.63 bits per heavy atom. The summed E-state index contributed by atoms with van der Waals surface area (Å²) in [6, 6.07) is 5.81. The van der Waals surface area contributed by atoms with Crippen LogP contribution in [0.15, 0.2) is 22.7 Å². The fourth-order valence-corrected chi connectivity index (χ4v) is 2.46. The van der Waals surface area contributed by atoms with Crippen LogP contribution < -0.4 is 4.74 Å². The van der Waals surface area contributed by atoms with Gasteiger partial charge >= 0.3 is 0 Å². The third kappa shape index (κ3) is 5.53. The summed E-state index contributed by atoms with van der Waals surface area (Å²) >= 11 is 3.43. The van der Waals surface area contributed by atoms with Crippen molar-refractivity contribution < 1.29 is 9.84 Å². The Kier molecular flexibility index (Phi) is 7.47. The van der Waals surface area contributed by atoms with Crippen molar-refractivity contribution in [2.75, 3.05) is 6.61 Å². The molecule has 19 heavy (non-hydrogen) atoms. The average Bonchev–Trinajstić information content (AvgIpc) is 2.40. The van der Waals surface area contributed by atoms with E-state index in [2.05, 4.69) is 29.8 Å². The van der Waals surface area contributed by atoms with Gasteiger partial charge in [0, 0.05) is 10.0 Å². The molecule has 0 aliphatic carbocycles. The summed E-state index contributed by atoms with van der Waals surface area (Å²) in [4.78, 5) is 0. The van der Waals surface area contributed by atoms with Gasteiger partial charge in [0.15, 0.2) is 0 Å². The molecular formula is C16H25BrO2. The van der Waals surface area contributed by atoms with Crippen LogP contribution in [0.5, 0.6) is 5.75 Å². The number of halogens is 1. The molecule has 0 saturated heterocycles. The quantitative estimate of drug-likeness (QED) is 0.719. The second-order valence-corrected chi connectivity index (χ2v) is 6.00. The first-order chi connectivity index (χ1) is 9.08. The van der Waals surface area contributed by atoms with Gasteiger partial charge in [0.25, 0.3) is 0 Å². The molecule has 0 aliphatic heterocycles. The molecule has 2 atom stereocenters. The molecule has 1 aromatic rings. The van der Waals surface area contributed by atoms with Gasteiger partial charge in [0.2, 0.25) is 0 Å². The van der Waals surface area contributed by atoms with Crippen molar-refractivity contribution in [3.63, 3.8) is 0 Å². The Labute approximate surface area is 125 Å². The van der Waals surface area contributed by atoms with Crippen LogP contribution in [0.1, 0.15) is 58.1 Å². The van der Waals surface area contributed by atoms with E-state index in [1.54, 1.807) is 6.92 Å². The molecule has 2 unspecified atom stereocenters. The molecule has 0 saturated carbocycles. The molecule has 0 fully saturated rings. The lowest BCUT2D eigenvalue weighted by Gasteiger charge is -2.18. The smallest absolute Gasteiger partial charge is 0.125 e. The fourth-order valence-electron chi connectivity index (χ4n) is 2.08. The highest BCUT2D eigenvalue weighted by atomic mass is 79.9. The van der Waals surface area contributed by atoms with Gasteiger partial charge in [-0.3, -0.25) is 0 Å². The highest BCUT2D eigenvalue weighted by molar-refractivity contribution is 9.10. The van der Waals surface area contributed by atoms with E-state index in [1.807, 2.05) is 18.2 Å². The first-order valence-electron chi connectivity index (χ1n) is 7.18. The van der Waals surface area contributed by atoms with Crippen LogP contribution in [0.25, 0.3) is 0 Å². The van der Waals surface area contributed by atoms with Crippen molar-refractivity contribution in [1.29, 1.82) is 0 Å². The van der Waals surface area contributed by atoms with Gasteiger partial charge in [-0.05, 0) is 37.5 Å². The maximum atomic E-state index is 9.79. The number of ether oxygens (including phenoxy) is 1. The Bertz CT molecular complexity index is 377. The Balaban J connectivity index is 2.65. The standard InChI is InChI=1S/C16H25BrO2/c1-4-6-7-13(5-2)11-19-16-9-8-14(17)10-15(16)12(3)18/h8-10,12-13,18H,4-7,11H2,1-3H3. The highest BCUT2D eigenvalue weighted by Gasteiger charge is 2.12. The zero-order valence-corrected chi connectivity index (χ0v) is 13.7. The number of benzene rings is 1. The zero-order chi connectivity index (χ0) is 14.3. The number of unbranched alkanes of at least 4 members (excludes halogenated alkanes) is 1. The second kappa shape index (κ2) is 8.60. The van der Waals surface area contributed by atoms with Crippen LogP contribution in [-0.4, -0.2) is 11.7 Å². The summed E-state index contributed by atoms with van der Waals surface area (Å²) in [6.45, 7) is 6.93. The third-order valence-electron chi connectivity index (χ3n) is 3.44. The summed E-state index contributed by atoms with van der Waals surface area (Å²) in [6.07, 6.45) is 4.33.